The number of aryl methyl sites for hydroxylation is 1. The van der Waals surface area contributed by atoms with Crippen LogP contribution in [0.2, 0.25) is 0 Å². The van der Waals surface area contributed by atoms with E-state index in [0.717, 1.165) is 36.0 Å². The molecule has 4 heteroatoms. The molecular weight excluding hydrogens is 247 g/mol. The third kappa shape index (κ3) is 4.26. The smallest absolute Gasteiger partial charge is 0.469 e. The Morgan fingerprint density at radius 1 is 1.10 bits per heavy atom. The van der Waals surface area contributed by atoms with Gasteiger partial charge in [0.2, 0.25) is 0 Å². The molecule has 0 aliphatic carbocycles. The Hall–Kier alpha value is -0.983. The Morgan fingerprint density at radius 2 is 1.95 bits per heavy atom. The van der Waals surface area contributed by atoms with Crippen molar-refractivity contribution in [2.24, 2.45) is 0 Å². The SMILES string of the molecule is COCCCc1c[c-]cc2cccc(OCOC)c12.[Li+]. The maximum Gasteiger partial charge on any atom is 1.00 e. The predicted molar refractivity (Wildman–Crippen MR) is 75.5 cm³/mol. The first-order chi connectivity index (χ1) is 9.36. The van der Waals surface area contributed by atoms with Crippen LogP contribution in [0.15, 0.2) is 30.3 Å². The molecule has 0 spiro atoms. The van der Waals surface area contributed by atoms with E-state index in [0.29, 0.717) is 0 Å². The van der Waals surface area contributed by atoms with E-state index in [2.05, 4.69) is 12.1 Å². The Bertz CT molecular complexity index is 523. The zero-order chi connectivity index (χ0) is 13.5. The van der Waals surface area contributed by atoms with E-state index in [1.807, 2.05) is 24.3 Å². The summed E-state index contributed by atoms with van der Waals surface area (Å²) in [6.45, 7) is 1.02. The molecule has 0 heterocycles. The molecule has 0 unspecified atom stereocenters. The molecular formula is C16H19LiO3. The van der Waals surface area contributed by atoms with E-state index >= 15 is 0 Å². The molecule has 0 radical (unpaired) electrons. The van der Waals surface area contributed by atoms with Crippen molar-refractivity contribution in [3.63, 3.8) is 0 Å². The van der Waals surface area contributed by atoms with Gasteiger partial charge in [-0.05, 0) is 12.5 Å². The van der Waals surface area contributed by atoms with Crippen LogP contribution in [0.4, 0.5) is 0 Å². The normalized spacial score (nSPS) is 10.3. The molecule has 0 amide bonds. The van der Waals surface area contributed by atoms with Gasteiger partial charge in [-0.15, -0.1) is 17.0 Å². The molecule has 20 heavy (non-hydrogen) atoms. The monoisotopic (exact) mass is 266 g/mol. The van der Waals surface area contributed by atoms with E-state index < -0.39 is 0 Å². The van der Waals surface area contributed by atoms with Gasteiger partial charge in [0, 0.05) is 20.8 Å². The van der Waals surface area contributed by atoms with E-state index in [1.165, 1.54) is 5.56 Å². The molecule has 2 rings (SSSR count). The van der Waals surface area contributed by atoms with E-state index in [4.69, 9.17) is 14.2 Å². The Labute approximate surface area is 132 Å². The van der Waals surface area contributed by atoms with Crippen LogP contribution in [0, 0.1) is 6.07 Å². The van der Waals surface area contributed by atoms with Gasteiger partial charge in [-0.3, -0.25) is 0 Å². The zero-order valence-electron chi connectivity index (χ0n) is 12.4. The number of fused-ring (bicyclic) bond motifs is 1. The predicted octanol–water partition coefficient (Wildman–Crippen LogP) is 0.206. The maximum absolute atomic E-state index is 5.65. The van der Waals surface area contributed by atoms with Gasteiger partial charge in [-0.25, -0.2) is 0 Å². The van der Waals surface area contributed by atoms with Gasteiger partial charge in [-0.1, -0.05) is 17.9 Å². The van der Waals surface area contributed by atoms with E-state index in [9.17, 15) is 0 Å². The fourth-order valence-corrected chi connectivity index (χ4v) is 2.16. The summed E-state index contributed by atoms with van der Waals surface area (Å²) in [4.78, 5) is 0. The standard InChI is InChI=1S/C16H19O3.Li/c1-17-11-5-9-14-7-3-6-13-8-4-10-15(16(13)14)19-12-18-2;/h4,6-8,10H,5,9,11-12H2,1-2H3;/q-1;+1. The quantitative estimate of drug-likeness (QED) is 0.310. The minimum atomic E-state index is 0. The number of methoxy groups -OCH3 is 2. The third-order valence-electron chi connectivity index (χ3n) is 3.00. The van der Waals surface area contributed by atoms with E-state index in [1.54, 1.807) is 14.2 Å². The maximum atomic E-state index is 5.65. The zero-order valence-corrected chi connectivity index (χ0v) is 12.4. The average molecular weight is 266 g/mol. The van der Waals surface area contributed by atoms with Crippen molar-refractivity contribution in [3.8, 4) is 5.75 Å². The first kappa shape index (κ1) is 17.1. The third-order valence-corrected chi connectivity index (χ3v) is 3.00. The first-order valence-corrected chi connectivity index (χ1v) is 6.39. The van der Waals surface area contributed by atoms with Crippen molar-refractivity contribution in [3.05, 3.63) is 42.0 Å². The summed E-state index contributed by atoms with van der Waals surface area (Å²) in [6.07, 6.45) is 1.94. The van der Waals surface area contributed by atoms with Crippen molar-refractivity contribution < 1.29 is 33.1 Å². The number of ether oxygens (including phenoxy) is 3. The van der Waals surface area contributed by atoms with Gasteiger partial charge in [0.15, 0.2) is 6.79 Å². The van der Waals surface area contributed by atoms with Gasteiger partial charge in [0.05, 0.1) is 0 Å². The number of hydrogen-bond acceptors (Lipinski definition) is 3. The van der Waals surface area contributed by atoms with Crippen molar-refractivity contribution in [2.75, 3.05) is 27.6 Å². The van der Waals surface area contributed by atoms with Crippen molar-refractivity contribution in [1.29, 1.82) is 0 Å². The van der Waals surface area contributed by atoms with Crippen LogP contribution >= 0.6 is 0 Å². The number of benzene rings is 2. The van der Waals surface area contributed by atoms with Gasteiger partial charge in [-0.2, -0.15) is 18.2 Å². The fourth-order valence-electron chi connectivity index (χ4n) is 2.16. The largest absolute Gasteiger partial charge is 1.00 e. The molecule has 0 saturated heterocycles. The Balaban J connectivity index is 0.00000200. The second-order valence-electron chi connectivity index (χ2n) is 4.35. The topological polar surface area (TPSA) is 27.7 Å². The molecule has 102 valence electrons. The second-order valence-corrected chi connectivity index (χ2v) is 4.35. The van der Waals surface area contributed by atoms with Crippen LogP contribution in [-0.2, 0) is 15.9 Å². The van der Waals surface area contributed by atoms with Crippen LogP contribution < -0.4 is 23.6 Å². The second kappa shape index (κ2) is 9.05. The number of rotatable bonds is 7. The van der Waals surface area contributed by atoms with Gasteiger partial charge in [0.1, 0.15) is 5.75 Å². The molecule has 0 atom stereocenters. The van der Waals surface area contributed by atoms with Crippen molar-refractivity contribution in [1.82, 2.24) is 0 Å². The minimum Gasteiger partial charge on any atom is -0.469 e. The van der Waals surface area contributed by atoms with Crippen LogP contribution in [0.5, 0.6) is 5.75 Å². The Kier molecular flexibility index (Phi) is 7.72. The number of hydrogen-bond donors (Lipinski definition) is 0. The molecule has 0 aliphatic heterocycles. The summed E-state index contributed by atoms with van der Waals surface area (Å²) in [7, 11) is 3.35. The minimum absolute atomic E-state index is 0. The molecule has 0 aromatic heterocycles. The molecule has 0 aliphatic rings. The first-order valence-electron chi connectivity index (χ1n) is 6.39. The van der Waals surface area contributed by atoms with Gasteiger partial charge < -0.3 is 14.2 Å². The Morgan fingerprint density at radius 3 is 2.70 bits per heavy atom. The van der Waals surface area contributed by atoms with Crippen LogP contribution in [0.3, 0.4) is 0 Å². The molecule has 0 fully saturated rings. The summed E-state index contributed by atoms with van der Waals surface area (Å²) in [5.41, 5.74) is 1.24. The van der Waals surface area contributed by atoms with E-state index in [-0.39, 0.29) is 25.7 Å². The molecule has 0 saturated carbocycles. The summed E-state index contributed by atoms with van der Waals surface area (Å²) in [5, 5.41) is 2.29. The molecule has 0 bridgehead atoms. The molecule has 3 nitrogen and oxygen atoms in total. The summed E-state index contributed by atoms with van der Waals surface area (Å²) >= 11 is 0. The summed E-state index contributed by atoms with van der Waals surface area (Å²) in [6, 6.07) is 13.2. The average Bonchev–Trinajstić information content (AvgIpc) is 2.45. The van der Waals surface area contributed by atoms with Crippen LogP contribution in [-0.4, -0.2) is 27.6 Å². The van der Waals surface area contributed by atoms with Crippen LogP contribution in [0.25, 0.3) is 10.8 Å². The summed E-state index contributed by atoms with van der Waals surface area (Å²) < 4.78 is 15.7. The van der Waals surface area contributed by atoms with Crippen LogP contribution in [0.1, 0.15) is 12.0 Å². The van der Waals surface area contributed by atoms with Gasteiger partial charge in [0.25, 0.3) is 0 Å². The van der Waals surface area contributed by atoms with Crippen molar-refractivity contribution >= 4 is 10.8 Å². The summed E-state index contributed by atoms with van der Waals surface area (Å²) in [5.74, 6) is 0.862. The van der Waals surface area contributed by atoms with Crippen molar-refractivity contribution in [2.45, 2.75) is 12.8 Å². The molecule has 0 N–H and O–H groups in total. The molecule has 2 aromatic carbocycles. The molecule has 2 aromatic rings. The van der Waals surface area contributed by atoms with Gasteiger partial charge >= 0.3 is 18.9 Å². The fraction of sp³-hybridized carbons (Fsp3) is 0.375.